The fraction of sp³-hybridized carbons (Fsp3) is 0.419. The maximum atomic E-state index is 16.4. The van der Waals surface area contributed by atoms with Crippen LogP contribution in [0, 0.1) is 37.1 Å². The summed E-state index contributed by atoms with van der Waals surface area (Å²) in [6, 6.07) is 2.72. The Balaban J connectivity index is 2.02. The van der Waals surface area contributed by atoms with Gasteiger partial charge in [-0.2, -0.15) is 0 Å². The topological polar surface area (TPSA) is 96.3 Å². The standard InChI is InChI=1S/C31H33F4NO6S/c1-14-22(17-12-21(34)28-16(26(17)35)8-7-11-41-28)24(29(30(37)38)42-31(3,4)5)15(2)27-23(14)25-18(13-36(27)43(6,39)40)19(32)9-10-20(25)33/h9-10,12,29-30,37-38H,7-8,11,13H2,1-6H3. The largest absolute Gasteiger partial charge is 0.490 e. The number of rotatable bonds is 5. The zero-order chi connectivity index (χ0) is 31.8. The average molecular weight is 624 g/mol. The van der Waals surface area contributed by atoms with Gasteiger partial charge in [0.2, 0.25) is 10.0 Å². The van der Waals surface area contributed by atoms with Gasteiger partial charge in [-0.3, -0.25) is 4.31 Å². The lowest BCUT2D eigenvalue weighted by Gasteiger charge is -2.38. The maximum absolute atomic E-state index is 16.4. The highest BCUT2D eigenvalue weighted by Gasteiger charge is 2.40. The molecule has 0 spiro atoms. The number of halogens is 4. The average Bonchev–Trinajstić information content (AvgIpc) is 2.91. The third-order valence-corrected chi connectivity index (χ3v) is 8.92. The van der Waals surface area contributed by atoms with Gasteiger partial charge in [-0.1, -0.05) is 0 Å². The van der Waals surface area contributed by atoms with Crippen molar-refractivity contribution in [2.45, 2.75) is 72.0 Å². The summed E-state index contributed by atoms with van der Waals surface area (Å²) in [5.41, 5.74) is -1.81. The second-order valence-corrected chi connectivity index (χ2v) is 13.9. The number of aliphatic hydroxyl groups is 2. The van der Waals surface area contributed by atoms with E-state index in [-0.39, 0.29) is 74.5 Å². The molecule has 12 heteroatoms. The molecule has 2 aliphatic rings. The van der Waals surface area contributed by atoms with Crippen molar-refractivity contribution in [2.24, 2.45) is 0 Å². The first kappa shape index (κ1) is 31.2. The van der Waals surface area contributed by atoms with Crippen molar-refractivity contribution in [3.63, 3.8) is 0 Å². The van der Waals surface area contributed by atoms with Crippen LogP contribution in [0.25, 0.3) is 22.3 Å². The van der Waals surface area contributed by atoms with E-state index >= 15 is 17.6 Å². The van der Waals surface area contributed by atoms with Crippen molar-refractivity contribution in [3.8, 4) is 28.0 Å². The number of sulfonamides is 1. The van der Waals surface area contributed by atoms with Gasteiger partial charge in [0.25, 0.3) is 0 Å². The Hall–Kier alpha value is -3.19. The van der Waals surface area contributed by atoms with Crippen molar-refractivity contribution in [2.75, 3.05) is 17.2 Å². The smallest absolute Gasteiger partial charge is 0.232 e. The minimum Gasteiger partial charge on any atom is -0.490 e. The Morgan fingerprint density at radius 2 is 1.60 bits per heavy atom. The molecule has 232 valence electrons. The van der Waals surface area contributed by atoms with Crippen LogP contribution in [-0.2, 0) is 27.7 Å². The summed E-state index contributed by atoms with van der Waals surface area (Å²) in [6.07, 6.45) is -2.29. The van der Waals surface area contributed by atoms with E-state index in [4.69, 9.17) is 9.47 Å². The molecule has 3 aromatic carbocycles. The molecule has 3 aromatic rings. The highest BCUT2D eigenvalue weighted by atomic mass is 32.2. The summed E-state index contributed by atoms with van der Waals surface area (Å²) < 4.78 is 101. The van der Waals surface area contributed by atoms with Gasteiger partial charge in [0.15, 0.2) is 17.9 Å². The third kappa shape index (κ3) is 5.28. The minimum absolute atomic E-state index is 0.0183. The Bertz CT molecular complexity index is 1750. The molecule has 0 bridgehead atoms. The lowest BCUT2D eigenvalue weighted by atomic mass is 9.79. The normalized spacial score (nSPS) is 15.6. The maximum Gasteiger partial charge on any atom is 0.232 e. The molecule has 0 saturated heterocycles. The van der Waals surface area contributed by atoms with Crippen LogP contribution in [0.15, 0.2) is 18.2 Å². The highest BCUT2D eigenvalue weighted by molar-refractivity contribution is 7.92. The van der Waals surface area contributed by atoms with Gasteiger partial charge in [0, 0.05) is 27.8 Å². The molecule has 0 fully saturated rings. The second kappa shape index (κ2) is 10.8. The fourth-order valence-electron chi connectivity index (χ4n) is 6.15. The van der Waals surface area contributed by atoms with E-state index in [1.807, 2.05) is 0 Å². The summed E-state index contributed by atoms with van der Waals surface area (Å²) in [4.78, 5) is 0. The molecular weight excluding hydrogens is 590 g/mol. The molecule has 0 aliphatic carbocycles. The van der Waals surface area contributed by atoms with E-state index in [1.54, 1.807) is 20.8 Å². The lowest BCUT2D eigenvalue weighted by molar-refractivity contribution is -0.185. The number of anilines is 1. The van der Waals surface area contributed by atoms with E-state index in [0.29, 0.717) is 6.42 Å². The van der Waals surface area contributed by atoms with Crippen molar-refractivity contribution < 1.29 is 45.7 Å². The Morgan fingerprint density at radius 1 is 0.953 bits per heavy atom. The van der Waals surface area contributed by atoms with Crippen molar-refractivity contribution >= 4 is 15.7 Å². The first-order valence-corrected chi connectivity index (χ1v) is 15.6. The molecule has 0 radical (unpaired) electrons. The number of hydrogen-bond donors (Lipinski definition) is 2. The molecule has 5 rings (SSSR count). The van der Waals surface area contributed by atoms with Crippen LogP contribution in [0.3, 0.4) is 0 Å². The van der Waals surface area contributed by atoms with E-state index in [2.05, 4.69) is 0 Å². The monoisotopic (exact) mass is 623 g/mol. The van der Waals surface area contributed by atoms with Gasteiger partial charge in [-0.25, -0.2) is 26.0 Å². The number of fused-ring (bicyclic) bond motifs is 4. The number of benzene rings is 3. The molecule has 43 heavy (non-hydrogen) atoms. The van der Waals surface area contributed by atoms with Gasteiger partial charge in [0.05, 0.1) is 30.7 Å². The predicted octanol–water partition coefficient (Wildman–Crippen LogP) is 5.97. The zero-order valence-corrected chi connectivity index (χ0v) is 25.4. The number of hydrogen-bond acceptors (Lipinski definition) is 6. The molecule has 0 aromatic heterocycles. The SMILES string of the molecule is Cc1c(-c2cc(F)c3c(c2F)CCCO3)c(C(OC(C)(C)C)C(O)O)c(C)c2c1-c1c(F)ccc(F)c1CN2S(C)(=O)=O. The van der Waals surface area contributed by atoms with Gasteiger partial charge in [-0.15, -0.1) is 0 Å². The molecule has 0 amide bonds. The molecule has 2 N–H and O–H groups in total. The molecule has 2 aliphatic heterocycles. The van der Waals surface area contributed by atoms with Crippen LogP contribution in [0.1, 0.15) is 61.1 Å². The second-order valence-electron chi connectivity index (χ2n) is 12.0. The highest BCUT2D eigenvalue weighted by Crippen LogP contribution is 2.53. The first-order valence-electron chi connectivity index (χ1n) is 13.7. The van der Waals surface area contributed by atoms with E-state index in [9.17, 15) is 18.6 Å². The van der Waals surface area contributed by atoms with Gasteiger partial charge < -0.3 is 19.7 Å². The minimum atomic E-state index is -4.13. The third-order valence-electron chi connectivity index (χ3n) is 7.81. The molecule has 0 saturated carbocycles. The van der Waals surface area contributed by atoms with Crippen LogP contribution in [0.4, 0.5) is 23.2 Å². The number of nitrogens with zero attached hydrogens (tertiary/aromatic N) is 1. The van der Waals surface area contributed by atoms with Crippen molar-refractivity contribution in [1.82, 2.24) is 0 Å². The first-order chi connectivity index (χ1) is 19.9. The van der Waals surface area contributed by atoms with E-state index in [0.717, 1.165) is 28.8 Å². The summed E-state index contributed by atoms with van der Waals surface area (Å²) in [7, 11) is -4.13. The van der Waals surface area contributed by atoms with Crippen molar-refractivity contribution in [1.29, 1.82) is 0 Å². The van der Waals surface area contributed by atoms with Crippen molar-refractivity contribution in [3.05, 3.63) is 69.3 Å². The van der Waals surface area contributed by atoms with E-state index in [1.165, 1.54) is 13.8 Å². The Morgan fingerprint density at radius 3 is 2.21 bits per heavy atom. The molecule has 1 atom stereocenters. The van der Waals surface area contributed by atoms with Crippen LogP contribution in [0.2, 0.25) is 0 Å². The van der Waals surface area contributed by atoms with E-state index < -0.39 is 57.8 Å². The van der Waals surface area contributed by atoms with Gasteiger partial charge in [0.1, 0.15) is 23.6 Å². The van der Waals surface area contributed by atoms with Crippen LogP contribution in [-0.4, -0.2) is 43.4 Å². The molecule has 1 unspecified atom stereocenters. The van der Waals surface area contributed by atoms with Crippen LogP contribution in [0.5, 0.6) is 5.75 Å². The van der Waals surface area contributed by atoms with Crippen LogP contribution < -0.4 is 9.04 Å². The zero-order valence-electron chi connectivity index (χ0n) is 24.6. The molecule has 2 heterocycles. The lowest BCUT2D eigenvalue weighted by Crippen LogP contribution is -2.36. The quantitative estimate of drug-likeness (QED) is 0.269. The summed E-state index contributed by atoms with van der Waals surface area (Å²) in [5.74, 6) is -3.62. The van der Waals surface area contributed by atoms with Gasteiger partial charge >= 0.3 is 0 Å². The van der Waals surface area contributed by atoms with Gasteiger partial charge in [-0.05, 0) is 87.9 Å². The summed E-state index contributed by atoms with van der Waals surface area (Å²) >= 11 is 0. The Kier molecular flexibility index (Phi) is 7.82. The predicted molar refractivity (Wildman–Crippen MR) is 153 cm³/mol. The summed E-state index contributed by atoms with van der Waals surface area (Å²) in [5, 5.41) is 21.2. The number of ether oxygens (including phenoxy) is 2. The summed E-state index contributed by atoms with van der Waals surface area (Å²) in [6.45, 7) is 7.50. The Labute approximate surface area is 247 Å². The van der Waals surface area contributed by atoms with Crippen LogP contribution >= 0.6 is 0 Å². The molecule has 7 nitrogen and oxygen atoms in total. The molecular formula is C31H33F4NO6S. The fourth-order valence-corrected chi connectivity index (χ4v) is 7.07. The number of aliphatic hydroxyl groups excluding tert-OH is 1.